The Bertz CT molecular complexity index is 734. The first-order valence-corrected chi connectivity index (χ1v) is 11.4. The van der Waals surface area contributed by atoms with Crippen LogP contribution in [-0.4, -0.2) is 27.6 Å². The molecule has 0 aliphatic heterocycles. The van der Waals surface area contributed by atoms with Crippen LogP contribution in [0.15, 0.2) is 24.3 Å². The van der Waals surface area contributed by atoms with Crippen LogP contribution in [0.2, 0.25) is 0 Å². The van der Waals surface area contributed by atoms with Gasteiger partial charge in [-0.1, -0.05) is 38.1 Å². The summed E-state index contributed by atoms with van der Waals surface area (Å²) < 4.78 is 0. The molecule has 1 aromatic rings. The van der Waals surface area contributed by atoms with Gasteiger partial charge in [0.1, 0.15) is 0 Å². The molecule has 1 N–H and O–H groups in total. The van der Waals surface area contributed by atoms with E-state index >= 15 is 0 Å². The van der Waals surface area contributed by atoms with Crippen molar-refractivity contribution in [2.75, 3.05) is 0 Å². The number of nitrogens with zero attached hydrogens (tertiary/aromatic N) is 1. The van der Waals surface area contributed by atoms with Crippen molar-refractivity contribution >= 4 is 5.91 Å². The molecule has 0 aromatic heterocycles. The molecule has 5 aliphatic rings. The predicted molar refractivity (Wildman–Crippen MR) is 111 cm³/mol. The van der Waals surface area contributed by atoms with Crippen molar-refractivity contribution in [3.63, 3.8) is 0 Å². The maximum absolute atomic E-state index is 13.4. The molecule has 4 atom stereocenters. The van der Waals surface area contributed by atoms with Crippen molar-refractivity contribution in [2.24, 2.45) is 17.3 Å². The third kappa shape index (κ3) is 3.51. The summed E-state index contributed by atoms with van der Waals surface area (Å²) in [4.78, 5) is 15.6. The Morgan fingerprint density at radius 1 is 1.11 bits per heavy atom. The van der Waals surface area contributed by atoms with Crippen LogP contribution in [0, 0.1) is 17.3 Å². The number of rotatable bonds is 6. The zero-order valence-electron chi connectivity index (χ0n) is 17.5. The summed E-state index contributed by atoms with van der Waals surface area (Å²) in [5.74, 6) is 2.17. The fourth-order valence-corrected chi connectivity index (χ4v) is 7.04. The standard InChI is InChI=1S/C25H35NO2/c1-17(2)21-5-3-18(4-6-21)15-26(22-7-8-22)23(27)14-24-10-19-9-20(11-24)13-25(28,12-19)16-24/h3-6,17,19-20,22,28H,7-16H2,1-2H3/t19-,20+,24?,25?. The molecule has 5 saturated carbocycles. The second-order valence-corrected chi connectivity index (χ2v) is 11.0. The SMILES string of the molecule is CC(C)c1ccc(CN(C(=O)CC23C[C@@H]4C[C@@H](CC(O)(C4)C2)C3)C2CC2)cc1. The van der Waals surface area contributed by atoms with E-state index in [1.54, 1.807) is 0 Å². The molecule has 3 nitrogen and oxygen atoms in total. The third-order valence-electron chi connectivity index (χ3n) is 7.98. The van der Waals surface area contributed by atoms with Crippen LogP contribution in [0.1, 0.15) is 88.7 Å². The molecule has 1 aromatic carbocycles. The second-order valence-electron chi connectivity index (χ2n) is 11.0. The summed E-state index contributed by atoms with van der Waals surface area (Å²) in [6.07, 6.45) is 9.40. The van der Waals surface area contributed by atoms with Crippen molar-refractivity contribution in [2.45, 2.75) is 95.7 Å². The van der Waals surface area contributed by atoms with Crippen LogP contribution in [0.4, 0.5) is 0 Å². The van der Waals surface area contributed by atoms with Crippen LogP contribution < -0.4 is 0 Å². The number of aliphatic hydroxyl groups is 1. The molecular formula is C25H35NO2. The number of hydrogen-bond acceptors (Lipinski definition) is 2. The average Bonchev–Trinajstić information content (AvgIpc) is 3.42. The van der Waals surface area contributed by atoms with Gasteiger partial charge in [-0.05, 0) is 85.7 Å². The van der Waals surface area contributed by atoms with Crippen LogP contribution in [0.3, 0.4) is 0 Å². The van der Waals surface area contributed by atoms with Gasteiger partial charge in [0.15, 0.2) is 0 Å². The van der Waals surface area contributed by atoms with Gasteiger partial charge in [-0.3, -0.25) is 4.79 Å². The van der Waals surface area contributed by atoms with Crippen LogP contribution >= 0.6 is 0 Å². The molecule has 2 unspecified atom stereocenters. The van der Waals surface area contributed by atoms with E-state index < -0.39 is 5.60 Å². The number of benzene rings is 1. The van der Waals surface area contributed by atoms with Crippen molar-refractivity contribution in [3.05, 3.63) is 35.4 Å². The second kappa shape index (κ2) is 6.58. The summed E-state index contributed by atoms with van der Waals surface area (Å²) >= 11 is 0. The first-order chi connectivity index (χ1) is 13.3. The molecule has 152 valence electrons. The fourth-order valence-electron chi connectivity index (χ4n) is 7.04. The summed E-state index contributed by atoms with van der Waals surface area (Å²) in [6, 6.07) is 9.26. The van der Waals surface area contributed by atoms with E-state index in [0.29, 0.717) is 36.1 Å². The summed E-state index contributed by atoms with van der Waals surface area (Å²) in [5.41, 5.74) is 2.20. The lowest BCUT2D eigenvalue weighted by molar-refractivity contribution is -0.172. The minimum absolute atomic E-state index is 0.0740. The van der Waals surface area contributed by atoms with Gasteiger partial charge in [0.25, 0.3) is 0 Å². The van der Waals surface area contributed by atoms with Gasteiger partial charge in [-0.15, -0.1) is 0 Å². The largest absolute Gasteiger partial charge is 0.390 e. The third-order valence-corrected chi connectivity index (χ3v) is 7.98. The Morgan fingerprint density at radius 3 is 2.29 bits per heavy atom. The van der Waals surface area contributed by atoms with E-state index in [1.165, 1.54) is 30.4 Å². The maximum Gasteiger partial charge on any atom is 0.223 e. The summed E-state index contributed by atoms with van der Waals surface area (Å²) in [5, 5.41) is 11.0. The molecule has 0 spiro atoms. The van der Waals surface area contributed by atoms with Gasteiger partial charge in [-0.25, -0.2) is 0 Å². The molecular weight excluding hydrogens is 346 g/mol. The highest BCUT2D eigenvalue weighted by molar-refractivity contribution is 5.77. The Labute approximate surface area is 169 Å². The highest BCUT2D eigenvalue weighted by atomic mass is 16.3. The first kappa shape index (κ1) is 18.7. The maximum atomic E-state index is 13.4. The van der Waals surface area contributed by atoms with Gasteiger partial charge in [0.2, 0.25) is 5.91 Å². The molecule has 3 heteroatoms. The number of carbonyl (C=O) groups excluding carboxylic acids is 1. The predicted octanol–water partition coefficient (Wildman–Crippen LogP) is 5.02. The lowest BCUT2D eigenvalue weighted by Gasteiger charge is -2.60. The lowest BCUT2D eigenvalue weighted by Crippen LogP contribution is -2.56. The summed E-state index contributed by atoms with van der Waals surface area (Å²) in [6.45, 7) is 5.18. The van der Waals surface area contributed by atoms with Gasteiger partial charge in [0, 0.05) is 19.0 Å². The number of amides is 1. The molecule has 4 bridgehead atoms. The first-order valence-electron chi connectivity index (χ1n) is 11.4. The number of carbonyl (C=O) groups is 1. The van der Waals surface area contributed by atoms with Crippen LogP contribution in [0.25, 0.3) is 0 Å². The normalized spacial score (nSPS) is 36.1. The van der Waals surface area contributed by atoms with E-state index in [2.05, 4.69) is 43.0 Å². The van der Waals surface area contributed by atoms with Crippen molar-refractivity contribution in [3.8, 4) is 0 Å². The van der Waals surface area contributed by atoms with Crippen LogP contribution in [-0.2, 0) is 11.3 Å². The minimum atomic E-state index is -0.471. The molecule has 6 rings (SSSR count). The van der Waals surface area contributed by atoms with E-state index in [4.69, 9.17) is 0 Å². The smallest absolute Gasteiger partial charge is 0.223 e. The van der Waals surface area contributed by atoms with E-state index in [9.17, 15) is 9.90 Å². The molecule has 5 fully saturated rings. The molecule has 0 radical (unpaired) electrons. The quantitative estimate of drug-likeness (QED) is 0.751. The van der Waals surface area contributed by atoms with Crippen molar-refractivity contribution < 1.29 is 9.90 Å². The molecule has 5 aliphatic carbocycles. The fraction of sp³-hybridized carbons (Fsp3) is 0.720. The molecule has 0 heterocycles. The Balaban J connectivity index is 1.30. The van der Waals surface area contributed by atoms with Gasteiger partial charge in [0.05, 0.1) is 5.60 Å². The monoisotopic (exact) mass is 381 g/mol. The molecule has 28 heavy (non-hydrogen) atoms. The zero-order chi connectivity index (χ0) is 19.5. The molecule has 1 amide bonds. The average molecular weight is 382 g/mol. The minimum Gasteiger partial charge on any atom is -0.390 e. The van der Waals surface area contributed by atoms with Gasteiger partial charge < -0.3 is 10.0 Å². The Hall–Kier alpha value is -1.35. The molecule has 0 saturated heterocycles. The number of hydrogen-bond donors (Lipinski definition) is 1. The topological polar surface area (TPSA) is 40.5 Å². The zero-order valence-corrected chi connectivity index (χ0v) is 17.5. The van der Waals surface area contributed by atoms with Gasteiger partial charge in [-0.2, -0.15) is 0 Å². The van der Waals surface area contributed by atoms with E-state index in [-0.39, 0.29) is 5.41 Å². The lowest BCUT2D eigenvalue weighted by atomic mass is 9.47. The Morgan fingerprint density at radius 2 is 1.75 bits per heavy atom. The van der Waals surface area contributed by atoms with E-state index in [0.717, 1.165) is 38.6 Å². The van der Waals surface area contributed by atoms with Crippen molar-refractivity contribution in [1.29, 1.82) is 0 Å². The van der Waals surface area contributed by atoms with Gasteiger partial charge >= 0.3 is 0 Å². The highest BCUT2D eigenvalue weighted by Gasteiger charge is 2.57. The highest BCUT2D eigenvalue weighted by Crippen LogP contribution is 2.63. The van der Waals surface area contributed by atoms with Crippen LogP contribution in [0.5, 0.6) is 0 Å². The summed E-state index contributed by atoms with van der Waals surface area (Å²) in [7, 11) is 0. The Kier molecular flexibility index (Phi) is 4.39. The van der Waals surface area contributed by atoms with Crippen molar-refractivity contribution in [1.82, 2.24) is 4.90 Å². The van der Waals surface area contributed by atoms with E-state index in [1.807, 2.05) is 0 Å².